The largest absolute Gasteiger partial charge is 0.534 e. The van der Waals surface area contributed by atoms with Gasteiger partial charge < -0.3 is 8.92 Å². The first-order valence-corrected chi connectivity index (χ1v) is 5.81. The molecule has 0 bridgehead atoms. The Balaban J connectivity index is 2.88. The van der Waals surface area contributed by atoms with Gasteiger partial charge in [0.25, 0.3) is 5.95 Å². The summed E-state index contributed by atoms with van der Waals surface area (Å²) in [6.45, 7) is 3.59. The number of rotatable bonds is 2. The fraction of sp³-hybridized carbons (Fsp3) is 0.750. The molecule has 0 fully saturated rings. The molecule has 0 saturated carbocycles. The number of hydrogen-bond acceptors (Lipinski definition) is 4. The van der Waals surface area contributed by atoms with Crippen LogP contribution in [0.25, 0.3) is 0 Å². The van der Waals surface area contributed by atoms with Gasteiger partial charge in [0.2, 0.25) is 0 Å². The molecule has 0 spiro atoms. The molecule has 0 N–H and O–H groups in total. The normalized spacial score (nSPS) is 20.9. The van der Waals surface area contributed by atoms with Gasteiger partial charge in [0, 0.05) is 6.08 Å². The minimum Gasteiger partial charge on any atom is -0.465 e. The zero-order valence-corrected chi connectivity index (χ0v) is 9.48. The van der Waals surface area contributed by atoms with Gasteiger partial charge in [0.1, 0.15) is 0 Å². The van der Waals surface area contributed by atoms with Gasteiger partial charge in [-0.15, -0.1) is 0 Å². The van der Waals surface area contributed by atoms with E-state index < -0.39 is 27.0 Å². The first-order chi connectivity index (χ1) is 7.04. The number of alkyl halides is 3. The smallest absolute Gasteiger partial charge is 0.465 e. The van der Waals surface area contributed by atoms with Crippen molar-refractivity contribution in [3.63, 3.8) is 0 Å². The molecule has 0 aliphatic carbocycles. The van der Waals surface area contributed by atoms with Crippen LogP contribution in [0.1, 0.15) is 20.3 Å². The first-order valence-electron chi connectivity index (χ1n) is 4.40. The monoisotopic (exact) mass is 260 g/mol. The van der Waals surface area contributed by atoms with Gasteiger partial charge in [-0.25, -0.2) is 0 Å². The predicted octanol–water partition coefficient (Wildman–Crippen LogP) is 2.14. The molecule has 0 aromatic carbocycles. The van der Waals surface area contributed by atoms with Crippen LogP contribution in [-0.2, 0) is 19.0 Å². The van der Waals surface area contributed by atoms with Gasteiger partial charge >= 0.3 is 15.6 Å². The number of halogens is 3. The predicted molar refractivity (Wildman–Crippen MR) is 48.5 cm³/mol. The van der Waals surface area contributed by atoms with E-state index in [9.17, 15) is 21.6 Å². The van der Waals surface area contributed by atoms with E-state index in [0.717, 1.165) is 0 Å². The quantitative estimate of drug-likeness (QED) is 0.564. The Hall–Kier alpha value is -0.920. The standard InChI is InChI=1S/C8H11F3O4S/c1-7(2)3-4-14-6(5-7)15-16(12,13)8(9,10)11/h5H,3-4H2,1-2H3. The highest BCUT2D eigenvalue weighted by molar-refractivity contribution is 7.87. The minimum absolute atomic E-state index is 0.117. The third-order valence-electron chi connectivity index (χ3n) is 1.97. The first kappa shape index (κ1) is 13.1. The van der Waals surface area contributed by atoms with Crippen molar-refractivity contribution >= 4 is 10.1 Å². The Labute approximate surface area is 91.2 Å². The Morgan fingerprint density at radius 1 is 1.44 bits per heavy atom. The lowest BCUT2D eigenvalue weighted by molar-refractivity contribution is -0.0575. The lowest BCUT2D eigenvalue weighted by atomic mass is 9.89. The van der Waals surface area contributed by atoms with E-state index in [-0.39, 0.29) is 6.61 Å². The van der Waals surface area contributed by atoms with E-state index in [1.807, 2.05) is 0 Å². The second kappa shape index (κ2) is 3.83. The molecule has 0 amide bonds. The lowest BCUT2D eigenvalue weighted by Gasteiger charge is -2.26. The third kappa shape index (κ3) is 3.03. The van der Waals surface area contributed by atoms with Crippen LogP contribution in [0.2, 0.25) is 0 Å². The van der Waals surface area contributed by atoms with Gasteiger partial charge in [-0.05, 0) is 11.8 Å². The summed E-state index contributed by atoms with van der Waals surface area (Å²) in [6, 6.07) is 0. The maximum Gasteiger partial charge on any atom is 0.534 e. The molecule has 0 unspecified atom stereocenters. The van der Waals surface area contributed by atoms with E-state index in [4.69, 9.17) is 4.74 Å². The maximum absolute atomic E-state index is 12.0. The SMILES string of the molecule is CC1(C)C=C(OS(=O)(=O)C(F)(F)F)OCC1. The second-order valence-electron chi connectivity index (χ2n) is 4.03. The fourth-order valence-electron chi connectivity index (χ4n) is 1.05. The summed E-state index contributed by atoms with van der Waals surface area (Å²) in [6.07, 6.45) is 1.80. The van der Waals surface area contributed by atoms with Crippen LogP contribution in [0.15, 0.2) is 12.0 Å². The van der Waals surface area contributed by atoms with Crippen LogP contribution >= 0.6 is 0 Å². The van der Waals surface area contributed by atoms with Crippen LogP contribution in [-0.4, -0.2) is 20.5 Å². The average Bonchev–Trinajstić information content (AvgIpc) is 1.98. The van der Waals surface area contributed by atoms with E-state index >= 15 is 0 Å². The molecule has 1 aliphatic heterocycles. The molecular weight excluding hydrogens is 249 g/mol. The Morgan fingerprint density at radius 2 is 2.00 bits per heavy atom. The van der Waals surface area contributed by atoms with Gasteiger partial charge in [-0.1, -0.05) is 13.8 Å². The molecule has 94 valence electrons. The van der Waals surface area contributed by atoms with Crippen LogP contribution in [0.3, 0.4) is 0 Å². The van der Waals surface area contributed by atoms with Crippen molar-refractivity contribution in [2.75, 3.05) is 6.61 Å². The lowest BCUT2D eigenvalue weighted by Crippen LogP contribution is -2.28. The van der Waals surface area contributed by atoms with Crippen molar-refractivity contribution in [2.45, 2.75) is 25.8 Å². The summed E-state index contributed by atoms with van der Waals surface area (Å²) in [4.78, 5) is 0. The molecule has 4 nitrogen and oxygen atoms in total. The fourth-order valence-corrected chi connectivity index (χ4v) is 1.46. The zero-order chi connectivity index (χ0) is 12.6. The highest BCUT2D eigenvalue weighted by Crippen LogP contribution is 2.32. The van der Waals surface area contributed by atoms with E-state index in [0.29, 0.717) is 6.42 Å². The molecule has 16 heavy (non-hydrogen) atoms. The van der Waals surface area contributed by atoms with Crippen LogP contribution in [0.5, 0.6) is 0 Å². The zero-order valence-electron chi connectivity index (χ0n) is 8.67. The summed E-state index contributed by atoms with van der Waals surface area (Å²) in [5.74, 6) is -0.617. The molecule has 0 radical (unpaired) electrons. The molecule has 0 aromatic heterocycles. The average molecular weight is 260 g/mol. The van der Waals surface area contributed by atoms with Crippen molar-refractivity contribution in [3.8, 4) is 0 Å². The molecule has 0 saturated heterocycles. The van der Waals surface area contributed by atoms with Crippen molar-refractivity contribution in [1.82, 2.24) is 0 Å². The molecule has 0 aromatic rings. The molecule has 0 atom stereocenters. The van der Waals surface area contributed by atoms with Crippen molar-refractivity contribution < 1.29 is 30.5 Å². The Kier molecular flexibility index (Phi) is 3.15. The number of allylic oxidation sites excluding steroid dienone is 1. The molecule has 1 heterocycles. The molecule has 1 rings (SSSR count). The highest BCUT2D eigenvalue weighted by atomic mass is 32.2. The van der Waals surface area contributed by atoms with Gasteiger partial charge in [0.15, 0.2) is 0 Å². The summed E-state index contributed by atoms with van der Waals surface area (Å²) < 4.78 is 65.9. The van der Waals surface area contributed by atoms with Crippen molar-refractivity contribution in [3.05, 3.63) is 12.0 Å². The molecular formula is C8H11F3O4S. The highest BCUT2D eigenvalue weighted by Gasteiger charge is 2.49. The Morgan fingerprint density at radius 3 is 2.44 bits per heavy atom. The molecule has 8 heteroatoms. The summed E-state index contributed by atoms with van der Waals surface area (Å²) in [5, 5.41) is 0. The molecule has 1 aliphatic rings. The van der Waals surface area contributed by atoms with Crippen molar-refractivity contribution in [1.29, 1.82) is 0 Å². The van der Waals surface area contributed by atoms with E-state index in [1.165, 1.54) is 6.08 Å². The number of ether oxygens (including phenoxy) is 1. The number of hydrogen-bond donors (Lipinski definition) is 0. The topological polar surface area (TPSA) is 52.6 Å². The van der Waals surface area contributed by atoms with Crippen LogP contribution in [0.4, 0.5) is 13.2 Å². The van der Waals surface area contributed by atoms with Crippen molar-refractivity contribution in [2.24, 2.45) is 5.41 Å². The van der Waals surface area contributed by atoms with Crippen LogP contribution < -0.4 is 0 Å². The third-order valence-corrected chi connectivity index (χ3v) is 2.93. The van der Waals surface area contributed by atoms with Gasteiger partial charge in [-0.2, -0.15) is 21.6 Å². The van der Waals surface area contributed by atoms with Gasteiger partial charge in [0.05, 0.1) is 6.61 Å². The summed E-state index contributed by atoms with van der Waals surface area (Å²) in [5.41, 5.74) is -5.90. The van der Waals surface area contributed by atoms with Crippen LogP contribution in [0, 0.1) is 5.41 Å². The summed E-state index contributed by atoms with van der Waals surface area (Å²) in [7, 11) is -5.64. The maximum atomic E-state index is 12.0. The summed E-state index contributed by atoms with van der Waals surface area (Å²) >= 11 is 0. The Bertz CT molecular complexity index is 394. The van der Waals surface area contributed by atoms with E-state index in [2.05, 4.69) is 4.18 Å². The van der Waals surface area contributed by atoms with Gasteiger partial charge in [-0.3, -0.25) is 0 Å². The second-order valence-corrected chi connectivity index (χ2v) is 5.57. The van der Waals surface area contributed by atoms with E-state index in [1.54, 1.807) is 13.8 Å². The minimum atomic E-state index is -5.64.